The summed E-state index contributed by atoms with van der Waals surface area (Å²) in [4.78, 5) is 14.2. The molecule has 0 bridgehead atoms. The van der Waals surface area contributed by atoms with Gasteiger partial charge in [-0.3, -0.25) is 4.79 Å². The molecule has 0 saturated heterocycles. The van der Waals surface area contributed by atoms with Gasteiger partial charge in [0.25, 0.3) is 5.91 Å². The third kappa shape index (κ3) is 1.30. The van der Waals surface area contributed by atoms with Gasteiger partial charge in [0.05, 0.1) is 0 Å². The highest BCUT2D eigenvalue weighted by Gasteiger charge is 2.45. The Hall–Kier alpha value is -1.57. The van der Waals surface area contributed by atoms with Gasteiger partial charge in [-0.25, -0.2) is 0 Å². The minimum Gasteiger partial charge on any atom is -0.338 e. The normalized spacial score (nSPS) is 31.1. The number of hydrogen-bond acceptors (Lipinski definition) is 1. The van der Waals surface area contributed by atoms with Crippen LogP contribution < -0.4 is 0 Å². The first kappa shape index (κ1) is 10.6. The van der Waals surface area contributed by atoms with Gasteiger partial charge in [-0.1, -0.05) is 30.4 Å². The van der Waals surface area contributed by atoms with Crippen LogP contribution in [0.2, 0.25) is 0 Å². The van der Waals surface area contributed by atoms with Crippen molar-refractivity contribution < 1.29 is 4.79 Å². The average molecular weight is 227 g/mol. The lowest BCUT2D eigenvalue weighted by molar-refractivity contribution is 0.0614. The fourth-order valence-corrected chi connectivity index (χ4v) is 3.33. The summed E-state index contributed by atoms with van der Waals surface area (Å²) in [5.41, 5.74) is 2.03. The number of carbonyl (C=O) groups is 1. The summed E-state index contributed by atoms with van der Waals surface area (Å²) in [5.74, 6) is 0.165. The van der Waals surface area contributed by atoms with E-state index in [1.165, 1.54) is 5.56 Å². The van der Waals surface area contributed by atoms with E-state index >= 15 is 0 Å². The Kier molecular flexibility index (Phi) is 2.15. The highest BCUT2D eigenvalue weighted by atomic mass is 16.2. The number of benzene rings is 1. The number of likely N-dealkylation sites (N-methyl/N-ethyl adjacent to an activating group) is 1. The monoisotopic (exact) mass is 227 g/mol. The number of allylic oxidation sites excluding steroid dienone is 1. The van der Waals surface area contributed by atoms with Gasteiger partial charge in [0.1, 0.15) is 0 Å². The molecule has 2 unspecified atom stereocenters. The van der Waals surface area contributed by atoms with Gasteiger partial charge in [0.2, 0.25) is 0 Å². The number of carbonyl (C=O) groups excluding carboxylic acids is 1. The molecule has 1 aromatic rings. The van der Waals surface area contributed by atoms with E-state index in [-0.39, 0.29) is 11.3 Å². The summed E-state index contributed by atoms with van der Waals surface area (Å²) in [6, 6.07) is 8.32. The molecule has 1 heterocycles. The average Bonchev–Trinajstić information content (AvgIpc) is 2.36. The van der Waals surface area contributed by atoms with Crippen molar-refractivity contribution in [3.05, 3.63) is 47.5 Å². The lowest BCUT2D eigenvalue weighted by Crippen LogP contribution is -2.54. The molecule has 2 atom stereocenters. The fourth-order valence-electron chi connectivity index (χ4n) is 3.33. The van der Waals surface area contributed by atoms with E-state index in [1.807, 2.05) is 30.1 Å². The van der Waals surface area contributed by atoms with Crippen LogP contribution in [0.25, 0.3) is 0 Å². The molecular formula is C15H17NO. The van der Waals surface area contributed by atoms with Crippen molar-refractivity contribution in [3.63, 3.8) is 0 Å². The number of hydrogen-bond donors (Lipinski definition) is 0. The van der Waals surface area contributed by atoms with Crippen molar-refractivity contribution in [3.8, 4) is 0 Å². The van der Waals surface area contributed by atoms with Gasteiger partial charge < -0.3 is 4.90 Å². The van der Waals surface area contributed by atoms with Gasteiger partial charge in [-0.15, -0.1) is 0 Å². The quantitative estimate of drug-likeness (QED) is 0.624. The van der Waals surface area contributed by atoms with Crippen LogP contribution in [0.5, 0.6) is 0 Å². The van der Waals surface area contributed by atoms with Gasteiger partial charge in [0.15, 0.2) is 0 Å². The van der Waals surface area contributed by atoms with E-state index in [4.69, 9.17) is 0 Å². The molecule has 3 rings (SSSR count). The van der Waals surface area contributed by atoms with Gasteiger partial charge in [0, 0.05) is 24.1 Å². The van der Waals surface area contributed by atoms with Crippen molar-refractivity contribution in [2.75, 3.05) is 7.05 Å². The standard InChI is InChI=1S/C15H17NO/c1-15-10-6-5-9-13(15)16(2)14(17)11-7-3-4-8-12(11)15/h3-4,6-8,10,13H,5,9H2,1-2H3. The van der Waals surface area contributed by atoms with E-state index in [1.54, 1.807) is 0 Å². The smallest absolute Gasteiger partial charge is 0.254 e. The SMILES string of the molecule is CN1C(=O)c2ccccc2C2(C)C=CCCC12. The Bertz CT molecular complexity index is 505. The Morgan fingerprint density at radius 1 is 1.35 bits per heavy atom. The predicted molar refractivity (Wildman–Crippen MR) is 68.0 cm³/mol. The van der Waals surface area contributed by atoms with Crippen LogP contribution in [0.1, 0.15) is 35.7 Å². The van der Waals surface area contributed by atoms with Crippen LogP contribution in [0.4, 0.5) is 0 Å². The van der Waals surface area contributed by atoms with Crippen LogP contribution in [0.15, 0.2) is 36.4 Å². The largest absolute Gasteiger partial charge is 0.338 e. The van der Waals surface area contributed by atoms with Crippen LogP contribution in [0, 0.1) is 0 Å². The van der Waals surface area contributed by atoms with Gasteiger partial charge in [-0.05, 0) is 31.4 Å². The maximum Gasteiger partial charge on any atom is 0.254 e. The maximum atomic E-state index is 12.3. The molecule has 1 aliphatic heterocycles. The van der Waals surface area contributed by atoms with E-state index < -0.39 is 0 Å². The second-order valence-corrected chi connectivity index (χ2v) is 5.24. The molecule has 1 aromatic carbocycles. The molecule has 1 aliphatic carbocycles. The summed E-state index contributed by atoms with van der Waals surface area (Å²) in [7, 11) is 1.93. The molecule has 0 N–H and O–H groups in total. The molecule has 88 valence electrons. The summed E-state index contributed by atoms with van der Waals surface area (Å²) >= 11 is 0. The van der Waals surface area contributed by atoms with Crippen molar-refractivity contribution in [2.45, 2.75) is 31.2 Å². The Morgan fingerprint density at radius 2 is 2.12 bits per heavy atom. The van der Waals surface area contributed by atoms with Crippen molar-refractivity contribution >= 4 is 5.91 Å². The molecule has 2 heteroatoms. The van der Waals surface area contributed by atoms with Crippen molar-refractivity contribution in [2.24, 2.45) is 0 Å². The van der Waals surface area contributed by atoms with Crippen LogP contribution >= 0.6 is 0 Å². The predicted octanol–water partition coefficient (Wildman–Crippen LogP) is 2.75. The molecule has 17 heavy (non-hydrogen) atoms. The van der Waals surface area contributed by atoms with Crippen LogP contribution in [0.3, 0.4) is 0 Å². The summed E-state index contributed by atoms with van der Waals surface area (Å²) in [6.45, 7) is 2.25. The Morgan fingerprint density at radius 3 is 2.94 bits per heavy atom. The number of nitrogens with zero attached hydrogens (tertiary/aromatic N) is 1. The highest BCUT2D eigenvalue weighted by molar-refractivity contribution is 5.98. The molecule has 2 nitrogen and oxygen atoms in total. The molecule has 0 radical (unpaired) electrons. The number of rotatable bonds is 0. The van der Waals surface area contributed by atoms with E-state index in [2.05, 4.69) is 25.1 Å². The first-order valence-corrected chi connectivity index (χ1v) is 6.19. The third-order valence-electron chi connectivity index (χ3n) is 4.29. The minimum atomic E-state index is -0.0164. The van der Waals surface area contributed by atoms with Gasteiger partial charge >= 0.3 is 0 Å². The fraction of sp³-hybridized carbons (Fsp3) is 0.400. The highest BCUT2D eigenvalue weighted by Crippen LogP contribution is 2.42. The third-order valence-corrected chi connectivity index (χ3v) is 4.29. The maximum absolute atomic E-state index is 12.3. The lowest BCUT2D eigenvalue weighted by atomic mass is 9.67. The molecular weight excluding hydrogens is 210 g/mol. The van der Waals surface area contributed by atoms with Crippen molar-refractivity contribution in [1.29, 1.82) is 0 Å². The number of fused-ring (bicyclic) bond motifs is 3. The van der Waals surface area contributed by atoms with Crippen LogP contribution in [-0.4, -0.2) is 23.9 Å². The molecule has 2 aliphatic rings. The van der Waals surface area contributed by atoms with E-state index in [0.29, 0.717) is 6.04 Å². The summed E-state index contributed by atoms with van der Waals surface area (Å²) < 4.78 is 0. The Labute approximate surface area is 102 Å². The number of amides is 1. The topological polar surface area (TPSA) is 20.3 Å². The lowest BCUT2D eigenvalue weighted by Gasteiger charge is -2.48. The minimum absolute atomic E-state index is 0.0164. The molecule has 0 saturated carbocycles. The van der Waals surface area contributed by atoms with Crippen molar-refractivity contribution in [1.82, 2.24) is 4.90 Å². The van der Waals surface area contributed by atoms with Crippen LogP contribution in [-0.2, 0) is 5.41 Å². The zero-order chi connectivity index (χ0) is 12.0. The first-order valence-electron chi connectivity index (χ1n) is 6.19. The molecule has 0 fully saturated rings. The summed E-state index contributed by atoms with van der Waals surface area (Å²) in [6.07, 6.45) is 6.66. The summed E-state index contributed by atoms with van der Waals surface area (Å²) in [5, 5.41) is 0. The molecule has 0 aromatic heterocycles. The van der Waals surface area contributed by atoms with Gasteiger partial charge in [-0.2, -0.15) is 0 Å². The second kappa shape index (κ2) is 3.46. The Balaban J connectivity index is 2.26. The zero-order valence-corrected chi connectivity index (χ0v) is 10.3. The molecule has 0 spiro atoms. The molecule has 1 amide bonds. The van der Waals surface area contributed by atoms with E-state index in [9.17, 15) is 4.79 Å². The zero-order valence-electron chi connectivity index (χ0n) is 10.3. The second-order valence-electron chi connectivity index (χ2n) is 5.24. The first-order chi connectivity index (χ1) is 8.14. The van der Waals surface area contributed by atoms with E-state index in [0.717, 1.165) is 18.4 Å².